The summed E-state index contributed by atoms with van der Waals surface area (Å²) in [5.41, 5.74) is 3.23. The zero-order valence-electron chi connectivity index (χ0n) is 12.7. The van der Waals surface area contributed by atoms with Crippen LogP contribution < -0.4 is 0 Å². The Kier molecular flexibility index (Phi) is 3.83. The summed E-state index contributed by atoms with van der Waals surface area (Å²) in [4.78, 5) is 14.0. The first-order chi connectivity index (χ1) is 8.90. The maximum Gasteiger partial charge on any atom is 0.131 e. The monoisotopic (exact) mass is 257 g/mol. The quantitative estimate of drug-likeness (QED) is 0.818. The summed E-state index contributed by atoms with van der Waals surface area (Å²) < 4.78 is 0. The summed E-state index contributed by atoms with van der Waals surface area (Å²) in [6.07, 6.45) is 1.93. The molecule has 0 bridgehead atoms. The third-order valence-electron chi connectivity index (χ3n) is 3.30. The smallest absolute Gasteiger partial charge is 0.131 e. The minimum absolute atomic E-state index is 0.345. The van der Waals surface area contributed by atoms with Crippen LogP contribution in [0.4, 0.5) is 0 Å². The number of fused-ring (bicyclic) bond motifs is 1. The number of hydrogen-bond donors (Lipinski definition) is 0. The molecule has 0 saturated heterocycles. The average Bonchev–Trinajstić information content (AvgIpc) is 2.36. The minimum atomic E-state index is 0.345. The normalized spacial score (nSPS) is 12.1. The van der Waals surface area contributed by atoms with Crippen molar-refractivity contribution in [3.63, 3.8) is 0 Å². The second-order valence-electron chi connectivity index (χ2n) is 6.06. The molecule has 3 nitrogen and oxygen atoms in total. The van der Waals surface area contributed by atoms with Crippen molar-refractivity contribution in [1.29, 1.82) is 0 Å². The van der Waals surface area contributed by atoms with Gasteiger partial charge in [0.05, 0.1) is 11.2 Å². The molecule has 102 valence electrons. The Morgan fingerprint density at radius 3 is 2.05 bits per heavy atom. The van der Waals surface area contributed by atoms with Crippen molar-refractivity contribution in [2.75, 3.05) is 0 Å². The Labute approximate surface area is 115 Å². The first kappa shape index (κ1) is 13.9. The maximum atomic E-state index is 4.72. The van der Waals surface area contributed by atoms with E-state index in [0.717, 1.165) is 28.1 Å². The minimum Gasteiger partial charge on any atom is -0.260 e. The molecule has 3 heteroatoms. The fourth-order valence-electron chi connectivity index (χ4n) is 2.10. The molecule has 0 radical (unpaired) electrons. The molecule has 0 spiro atoms. The van der Waals surface area contributed by atoms with Crippen LogP contribution >= 0.6 is 0 Å². The molecule has 0 atom stereocenters. The number of rotatable bonds is 3. The standard InChI is InChI=1S/C16H23N3/c1-9(2)13-7-14-12(8-17-13)15(10(3)4)19-16(18-14)11(5)6/h7-11H,1-6H3. The van der Waals surface area contributed by atoms with Crippen molar-refractivity contribution in [2.45, 2.75) is 59.3 Å². The highest BCUT2D eigenvalue weighted by molar-refractivity contribution is 5.81. The average molecular weight is 257 g/mol. The molecule has 0 aliphatic carbocycles. The molecular weight excluding hydrogens is 234 g/mol. The summed E-state index contributed by atoms with van der Waals surface area (Å²) in [6, 6.07) is 2.11. The van der Waals surface area contributed by atoms with Crippen LogP contribution in [0.1, 0.15) is 76.5 Å². The van der Waals surface area contributed by atoms with E-state index in [1.165, 1.54) is 0 Å². The highest BCUT2D eigenvalue weighted by Crippen LogP contribution is 2.26. The van der Waals surface area contributed by atoms with E-state index in [-0.39, 0.29) is 0 Å². The Morgan fingerprint density at radius 1 is 0.842 bits per heavy atom. The number of nitrogens with zero attached hydrogens (tertiary/aromatic N) is 3. The largest absolute Gasteiger partial charge is 0.260 e. The number of pyridine rings is 1. The van der Waals surface area contributed by atoms with E-state index in [1.54, 1.807) is 0 Å². The summed E-state index contributed by atoms with van der Waals surface area (Å²) in [5.74, 6) is 2.08. The number of hydrogen-bond acceptors (Lipinski definition) is 3. The van der Waals surface area contributed by atoms with Crippen molar-refractivity contribution in [1.82, 2.24) is 15.0 Å². The van der Waals surface area contributed by atoms with E-state index < -0.39 is 0 Å². The van der Waals surface area contributed by atoms with Gasteiger partial charge in [0.15, 0.2) is 0 Å². The van der Waals surface area contributed by atoms with Gasteiger partial charge < -0.3 is 0 Å². The molecule has 19 heavy (non-hydrogen) atoms. The van der Waals surface area contributed by atoms with Gasteiger partial charge in [-0.2, -0.15) is 0 Å². The maximum absolute atomic E-state index is 4.72. The molecule has 0 saturated carbocycles. The van der Waals surface area contributed by atoms with E-state index in [1.807, 2.05) is 6.20 Å². The third kappa shape index (κ3) is 2.75. The van der Waals surface area contributed by atoms with Crippen molar-refractivity contribution in [3.05, 3.63) is 29.5 Å². The van der Waals surface area contributed by atoms with Crippen molar-refractivity contribution in [3.8, 4) is 0 Å². The Balaban J connectivity index is 2.72. The van der Waals surface area contributed by atoms with E-state index in [9.17, 15) is 0 Å². The van der Waals surface area contributed by atoms with Gasteiger partial charge in [-0.3, -0.25) is 4.98 Å². The molecule has 0 aromatic carbocycles. The lowest BCUT2D eigenvalue weighted by molar-refractivity contribution is 0.741. The van der Waals surface area contributed by atoms with Gasteiger partial charge in [0.1, 0.15) is 5.82 Å². The van der Waals surface area contributed by atoms with Crippen LogP contribution in [-0.2, 0) is 0 Å². The lowest BCUT2D eigenvalue weighted by Gasteiger charge is -2.14. The number of aromatic nitrogens is 3. The van der Waals surface area contributed by atoms with Crippen LogP contribution in [0, 0.1) is 0 Å². The Bertz CT molecular complexity index is 581. The summed E-state index contributed by atoms with van der Waals surface area (Å²) in [6.45, 7) is 12.9. The van der Waals surface area contributed by atoms with Crippen LogP contribution in [0.2, 0.25) is 0 Å². The van der Waals surface area contributed by atoms with Crippen LogP contribution in [0.5, 0.6) is 0 Å². The molecule has 0 aliphatic heterocycles. The molecular formula is C16H23N3. The molecule has 2 aromatic rings. The fourth-order valence-corrected chi connectivity index (χ4v) is 2.10. The van der Waals surface area contributed by atoms with Gasteiger partial charge in [-0.1, -0.05) is 41.5 Å². The molecule has 2 heterocycles. The zero-order valence-corrected chi connectivity index (χ0v) is 12.7. The van der Waals surface area contributed by atoms with Crippen LogP contribution in [-0.4, -0.2) is 15.0 Å². The van der Waals surface area contributed by atoms with Gasteiger partial charge in [-0.15, -0.1) is 0 Å². The van der Waals surface area contributed by atoms with E-state index in [4.69, 9.17) is 9.97 Å². The van der Waals surface area contributed by atoms with Crippen molar-refractivity contribution in [2.24, 2.45) is 0 Å². The van der Waals surface area contributed by atoms with Crippen LogP contribution in [0.3, 0.4) is 0 Å². The van der Waals surface area contributed by atoms with E-state index >= 15 is 0 Å². The highest BCUT2D eigenvalue weighted by atomic mass is 14.9. The zero-order chi connectivity index (χ0) is 14.2. The predicted molar refractivity (Wildman–Crippen MR) is 79.6 cm³/mol. The summed E-state index contributed by atoms with van der Waals surface area (Å²) >= 11 is 0. The first-order valence-electron chi connectivity index (χ1n) is 7.07. The van der Waals surface area contributed by atoms with E-state index in [0.29, 0.717) is 17.8 Å². The molecule has 0 amide bonds. The van der Waals surface area contributed by atoms with Gasteiger partial charge >= 0.3 is 0 Å². The van der Waals surface area contributed by atoms with Gasteiger partial charge in [0.25, 0.3) is 0 Å². The molecule has 2 rings (SSSR count). The fraction of sp³-hybridized carbons (Fsp3) is 0.562. The first-order valence-corrected chi connectivity index (χ1v) is 7.07. The molecule has 0 unspecified atom stereocenters. The Morgan fingerprint density at radius 2 is 1.53 bits per heavy atom. The van der Waals surface area contributed by atoms with E-state index in [2.05, 4.69) is 52.6 Å². The van der Waals surface area contributed by atoms with Gasteiger partial charge in [-0.25, -0.2) is 9.97 Å². The molecule has 2 aromatic heterocycles. The third-order valence-corrected chi connectivity index (χ3v) is 3.30. The van der Waals surface area contributed by atoms with Crippen molar-refractivity contribution < 1.29 is 0 Å². The Hall–Kier alpha value is -1.51. The second kappa shape index (κ2) is 5.24. The van der Waals surface area contributed by atoms with Crippen molar-refractivity contribution >= 4 is 10.9 Å². The molecule has 0 aliphatic rings. The summed E-state index contributed by atoms with van der Waals surface area (Å²) in [7, 11) is 0. The summed E-state index contributed by atoms with van der Waals surface area (Å²) in [5, 5.41) is 1.09. The van der Waals surface area contributed by atoms with Gasteiger partial charge in [0.2, 0.25) is 0 Å². The van der Waals surface area contributed by atoms with Gasteiger partial charge in [-0.05, 0) is 17.9 Å². The lowest BCUT2D eigenvalue weighted by Crippen LogP contribution is -2.05. The lowest BCUT2D eigenvalue weighted by atomic mass is 10.0. The predicted octanol–water partition coefficient (Wildman–Crippen LogP) is 4.40. The highest BCUT2D eigenvalue weighted by Gasteiger charge is 2.14. The van der Waals surface area contributed by atoms with Crippen LogP contribution in [0.25, 0.3) is 10.9 Å². The van der Waals surface area contributed by atoms with Crippen LogP contribution in [0.15, 0.2) is 12.3 Å². The molecule has 0 N–H and O–H groups in total. The molecule has 0 fully saturated rings. The SMILES string of the molecule is CC(C)c1cc2nc(C(C)C)nc(C(C)C)c2cn1. The second-order valence-corrected chi connectivity index (χ2v) is 6.06. The topological polar surface area (TPSA) is 38.7 Å². The van der Waals surface area contributed by atoms with Gasteiger partial charge in [0, 0.05) is 23.2 Å².